The molecule has 0 atom stereocenters. The molecule has 4 rings (SSSR count). The zero-order valence-electron chi connectivity index (χ0n) is 14.8. The number of nitrogens with one attached hydrogen (secondary N) is 2. The number of pyridine rings is 1. The van der Waals surface area contributed by atoms with Crippen LogP contribution in [0.15, 0.2) is 36.5 Å². The molecule has 5 nitrogen and oxygen atoms in total. The van der Waals surface area contributed by atoms with Crippen LogP contribution in [0, 0.1) is 0 Å². The first kappa shape index (κ1) is 16.9. The molecule has 3 aromatic rings. The van der Waals surface area contributed by atoms with E-state index < -0.39 is 0 Å². The molecular weight excluding hydrogens is 348 g/mol. The molecule has 0 aliphatic carbocycles. The summed E-state index contributed by atoms with van der Waals surface area (Å²) >= 11 is 6.33. The number of anilines is 1. The molecule has 6 heteroatoms. The van der Waals surface area contributed by atoms with Crippen molar-refractivity contribution in [2.24, 2.45) is 0 Å². The second-order valence-corrected chi connectivity index (χ2v) is 7.35. The van der Waals surface area contributed by atoms with E-state index in [1.165, 1.54) is 16.6 Å². The quantitative estimate of drug-likeness (QED) is 0.736. The number of hydrogen-bond acceptors (Lipinski definition) is 3. The minimum Gasteiger partial charge on any atom is -0.367 e. The van der Waals surface area contributed by atoms with Crippen LogP contribution in [-0.4, -0.2) is 28.5 Å². The lowest BCUT2D eigenvalue weighted by atomic mass is 10.0. The van der Waals surface area contributed by atoms with Gasteiger partial charge < -0.3 is 15.2 Å². The molecule has 1 aliphatic rings. The fourth-order valence-corrected chi connectivity index (χ4v) is 3.72. The van der Waals surface area contributed by atoms with Crippen LogP contribution < -0.4 is 10.2 Å². The lowest BCUT2D eigenvalue weighted by Gasteiger charge is -2.29. The minimum absolute atomic E-state index is 0.0847. The van der Waals surface area contributed by atoms with Gasteiger partial charge in [0.2, 0.25) is 0 Å². The van der Waals surface area contributed by atoms with E-state index in [0.717, 1.165) is 35.7 Å². The third kappa shape index (κ3) is 3.03. The highest BCUT2D eigenvalue weighted by molar-refractivity contribution is 6.35. The molecule has 1 amide bonds. The highest BCUT2D eigenvalue weighted by atomic mass is 35.5. The molecule has 0 saturated carbocycles. The summed E-state index contributed by atoms with van der Waals surface area (Å²) in [4.78, 5) is 22.2. The summed E-state index contributed by atoms with van der Waals surface area (Å²) in [7, 11) is 0. The van der Waals surface area contributed by atoms with Crippen molar-refractivity contribution >= 4 is 34.1 Å². The Morgan fingerprint density at radius 3 is 3.00 bits per heavy atom. The summed E-state index contributed by atoms with van der Waals surface area (Å²) in [5.41, 5.74) is 4.99. The second-order valence-electron chi connectivity index (χ2n) is 6.94. The molecule has 134 valence electrons. The second kappa shape index (κ2) is 6.65. The molecule has 26 heavy (non-hydrogen) atoms. The van der Waals surface area contributed by atoms with Crippen molar-refractivity contribution < 1.29 is 4.79 Å². The van der Waals surface area contributed by atoms with E-state index >= 15 is 0 Å². The molecular formula is C20H21ClN4O. The van der Waals surface area contributed by atoms with Crippen molar-refractivity contribution in [2.75, 3.05) is 11.4 Å². The number of aromatic amines is 1. The van der Waals surface area contributed by atoms with Crippen LogP contribution in [0.1, 0.15) is 35.6 Å². The van der Waals surface area contributed by atoms with Gasteiger partial charge in [0.15, 0.2) is 0 Å². The van der Waals surface area contributed by atoms with Crippen LogP contribution in [0.5, 0.6) is 0 Å². The van der Waals surface area contributed by atoms with E-state index in [4.69, 9.17) is 11.6 Å². The number of carbonyl (C=O) groups is 1. The van der Waals surface area contributed by atoms with Gasteiger partial charge in [-0.25, -0.2) is 0 Å². The Morgan fingerprint density at radius 1 is 1.35 bits per heavy atom. The van der Waals surface area contributed by atoms with E-state index in [1.54, 1.807) is 6.20 Å². The van der Waals surface area contributed by atoms with Gasteiger partial charge in [-0.2, -0.15) is 0 Å². The standard InChI is InChI=1S/C20H21ClN4O/c1-12(2)23-20(26)18-10-13(6-8-22-18)25-9-7-17-15(11-25)14-4-3-5-16(21)19(14)24-17/h3-6,8,10,12,24H,7,9,11H2,1-2H3,(H,23,26). The SMILES string of the molecule is CC(C)NC(=O)c1cc(N2CCc3[nH]c4c(Cl)cccc4c3C2)ccn1. The van der Waals surface area contributed by atoms with Crippen LogP contribution in [0.3, 0.4) is 0 Å². The molecule has 1 aromatic carbocycles. The zero-order valence-corrected chi connectivity index (χ0v) is 15.6. The van der Waals surface area contributed by atoms with Gasteiger partial charge in [0.05, 0.1) is 10.5 Å². The van der Waals surface area contributed by atoms with Crippen LogP contribution in [0.2, 0.25) is 5.02 Å². The van der Waals surface area contributed by atoms with Crippen molar-refractivity contribution in [1.29, 1.82) is 0 Å². The lowest BCUT2D eigenvalue weighted by Crippen LogP contribution is -2.32. The Bertz CT molecular complexity index is 979. The molecule has 1 aliphatic heterocycles. The maximum absolute atomic E-state index is 12.2. The summed E-state index contributed by atoms with van der Waals surface area (Å²) in [6.07, 6.45) is 2.61. The Hall–Kier alpha value is -2.53. The molecule has 0 unspecified atom stereocenters. The summed E-state index contributed by atoms with van der Waals surface area (Å²) in [6, 6.07) is 9.91. The van der Waals surface area contributed by atoms with E-state index in [-0.39, 0.29) is 11.9 Å². The van der Waals surface area contributed by atoms with Crippen LogP contribution in [0.4, 0.5) is 5.69 Å². The average Bonchev–Trinajstić information content (AvgIpc) is 3.01. The number of para-hydroxylation sites is 1. The molecule has 0 fully saturated rings. The number of aromatic nitrogens is 2. The molecule has 2 aromatic heterocycles. The summed E-state index contributed by atoms with van der Waals surface area (Å²) in [5, 5.41) is 4.81. The number of H-pyrrole nitrogens is 1. The van der Waals surface area contributed by atoms with Crippen molar-refractivity contribution in [3.8, 4) is 0 Å². The molecule has 0 radical (unpaired) electrons. The van der Waals surface area contributed by atoms with Crippen LogP contribution in [-0.2, 0) is 13.0 Å². The Balaban J connectivity index is 1.64. The summed E-state index contributed by atoms with van der Waals surface area (Å²) < 4.78 is 0. The molecule has 3 heterocycles. The zero-order chi connectivity index (χ0) is 18.3. The Labute approximate surface area is 157 Å². The van der Waals surface area contributed by atoms with E-state index in [2.05, 4.69) is 26.3 Å². The maximum atomic E-state index is 12.2. The lowest BCUT2D eigenvalue weighted by molar-refractivity contribution is 0.0938. The number of amides is 1. The third-order valence-electron chi connectivity index (χ3n) is 4.72. The van der Waals surface area contributed by atoms with Gasteiger partial charge in [-0.1, -0.05) is 23.7 Å². The van der Waals surface area contributed by atoms with Gasteiger partial charge >= 0.3 is 0 Å². The summed E-state index contributed by atoms with van der Waals surface area (Å²) in [6.45, 7) is 5.55. The molecule has 0 spiro atoms. The number of hydrogen-bond donors (Lipinski definition) is 2. The average molecular weight is 369 g/mol. The number of carbonyl (C=O) groups excluding carboxylic acids is 1. The number of nitrogens with zero attached hydrogens (tertiary/aromatic N) is 2. The largest absolute Gasteiger partial charge is 0.367 e. The van der Waals surface area contributed by atoms with Crippen LogP contribution >= 0.6 is 11.6 Å². The first-order chi connectivity index (χ1) is 12.5. The first-order valence-corrected chi connectivity index (χ1v) is 9.20. The topological polar surface area (TPSA) is 61.0 Å². The monoisotopic (exact) mass is 368 g/mol. The van der Waals surface area contributed by atoms with Gasteiger partial charge in [0.1, 0.15) is 5.69 Å². The van der Waals surface area contributed by atoms with Gasteiger partial charge in [0, 0.05) is 54.1 Å². The molecule has 0 bridgehead atoms. The highest BCUT2D eigenvalue weighted by Crippen LogP contribution is 2.33. The fraction of sp³-hybridized carbons (Fsp3) is 0.300. The Morgan fingerprint density at radius 2 is 2.19 bits per heavy atom. The maximum Gasteiger partial charge on any atom is 0.270 e. The van der Waals surface area contributed by atoms with Gasteiger partial charge in [0.25, 0.3) is 5.91 Å². The Kier molecular flexibility index (Phi) is 4.32. The number of benzene rings is 1. The van der Waals surface area contributed by atoms with Crippen molar-refractivity contribution in [3.05, 3.63) is 58.5 Å². The molecule has 0 saturated heterocycles. The fourth-order valence-electron chi connectivity index (χ4n) is 3.50. The predicted octanol–water partition coefficient (Wildman–Crippen LogP) is 3.92. The number of fused-ring (bicyclic) bond motifs is 3. The van der Waals surface area contributed by atoms with E-state index in [1.807, 2.05) is 38.1 Å². The van der Waals surface area contributed by atoms with Crippen LogP contribution in [0.25, 0.3) is 10.9 Å². The van der Waals surface area contributed by atoms with Crippen molar-refractivity contribution in [1.82, 2.24) is 15.3 Å². The third-order valence-corrected chi connectivity index (χ3v) is 5.04. The summed E-state index contributed by atoms with van der Waals surface area (Å²) in [5.74, 6) is -0.140. The number of rotatable bonds is 3. The van der Waals surface area contributed by atoms with Gasteiger partial charge in [-0.3, -0.25) is 9.78 Å². The van der Waals surface area contributed by atoms with E-state index in [9.17, 15) is 4.79 Å². The van der Waals surface area contributed by atoms with Crippen molar-refractivity contribution in [3.63, 3.8) is 0 Å². The predicted molar refractivity (Wildman–Crippen MR) is 105 cm³/mol. The van der Waals surface area contributed by atoms with E-state index in [0.29, 0.717) is 5.69 Å². The van der Waals surface area contributed by atoms with Gasteiger partial charge in [-0.05, 0) is 32.0 Å². The number of halogens is 1. The normalized spacial score (nSPS) is 13.9. The smallest absolute Gasteiger partial charge is 0.270 e. The van der Waals surface area contributed by atoms with Crippen molar-refractivity contribution in [2.45, 2.75) is 32.9 Å². The van der Waals surface area contributed by atoms with Gasteiger partial charge in [-0.15, -0.1) is 0 Å². The highest BCUT2D eigenvalue weighted by Gasteiger charge is 2.22. The minimum atomic E-state index is -0.140. The first-order valence-electron chi connectivity index (χ1n) is 8.82. The molecule has 2 N–H and O–H groups in total.